The first-order valence-electron chi connectivity index (χ1n) is 6.43. The molecule has 0 amide bonds. The lowest BCUT2D eigenvalue weighted by Gasteiger charge is -2.23. The molecule has 0 saturated heterocycles. The molecule has 0 aromatic carbocycles. The Kier molecular flexibility index (Phi) is 4.45. The molecule has 2 rings (SSSR count). The van der Waals surface area contributed by atoms with Crippen molar-refractivity contribution in [1.29, 1.82) is 0 Å². The van der Waals surface area contributed by atoms with E-state index in [0.717, 1.165) is 25.7 Å². The van der Waals surface area contributed by atoms with Crippen LogP contribution in [0.3, 0.4) is 0 Å². The summed E-state index contributed by atoms with van der Waals surface area (Å²) in [6.07, 6.45) is 5.13. The molecule has 18 heavy (non-hydrogen) atoms. The standard InChI is InChI=1S/C13H21NO2S2/c1-10(8-11-6-7-17-9-11)14-12-4-3-5-13(12)18(2,15)16/h6-7,9-10,12-14H,3-5,8H2,1-2H3. The highest BCUT2D eigenvalue weighted by Crippen LogP contribution is 2.25. The van der Waals surface area contributed by atoms with E-state index in [2.05, 4.69) is 29.1 Å². The predicted molar refractivity (Wildman–Crippen MR) is 76.9 cm³/mol. The summed E-state index contributed by atoms with van der Waals surface area (Å²) >= 11 is 1.71. The monoisotopic (exact) mass is 287 g/mol. The van der Waals surface area contributed by atoms with Crippen molar-refractivity contribution in [2.45, 2.75) is 49.9 Å². The maximum absolute atomic E-state index is 11.7. The Bertz CT molecular complexity index is 467. The van der Waals surface area contributed by atoms with Gasteiger partial charge in [-0.25, -0.2) is 8.42 Å². The highest BCUT2D eigenvalue weighted by atomic mass is 32.2. The molecule has 1 fully saturated rings. The molecule has 0 bridgehead atoms. The SMILES string of the molecule is CC(Cc1ccsc1)NC1CCCC1S(C)(=O)=O. The van der Waals surface area contributed by atoms with Gasteiger partial charge >= 0.3 is 0 Å². The van der Waals surface area contributed by atoms with Crippen LogP contribution in [0.1, 0.15) is 31.7 Å². The van der Waals surface area contributed by atoms with Gasteiger partial charge in [0.1, 0.15) is 0 Å². The van der Waals surface area contributed by atoms with Gasteiger partial charge in [-0.15, -0.1) is 0 Å². The first kappa shape index (κ1) is 14.0. The highest BCUT2D eigenvalue weighted by Gasteiger charge is 2.35. The van der Waals surface area contributed by atoms with Crippen molar-refractivity contribution < 1.29 is 8.42 Å². The van der Waals surface area contributed by atoms with E-state index < -0.39 is 9.84 Å². The van der Waals surface area contributed by atoms with Gasteiger partial charge in [0.05, 0.1) is 5.25 Å². The fourth-order valence-corrected chi connectivity index (χ4v) is 4.90. The predicted octanol–water partition coefficient (Wildman–Crippen LogP) is 2.23. The zero-order chi connectivity index (χ0) is 13.2. The van der Waals surface area contributed by atoms with Crippen LogP contribution in [-0.4, -0.2) is 32.0 Å². The minimum Gasteiger partial charge on any atom is -0.310 e. The second-order valence-electron chi connectivity index (χ2n) is 5.31. The van der Waals surface area contributed by atoms with Crippen LogP contribution >= 0.6 is 11.3 Å². The van der Waals surface area contributed by atoms with E-state index in [4.69, 9.17) is 0 Å². The normalized spacial score (nSPS) is 26.3. The molecular weight excluding hydrogens is 266 g/mol. The Morgan fingerprint density at radius 2 is 2.28 bits per heavy atom. The molecule has 1 N–H and O–H groups in total. The molecular formula is C13H21NO2S2. The fraction of sp³-hybridized carbons (Fsp3) is 0.692. The Morgan fingerprint density at radius 1 is 1.50 bits per heavy atom. The molecule has 102 valence electrons. The third-order valence-corrected chi connectivity index (χ3v) is 6.02. The largest absolute Gasteiger partial charge is 0.310 e. The molecule has 1 aromatic rings. The van der Waals surface area contributed by atoms with Gasteiger partial charge in [0, 0.05) is 18.3 Å². The molecule has 3 atom stereocenters. The first-order chi connectivity index (χ1) is 8.47. The van der Waals surface area contributed by atoms with E-state index in [1.807, 2.05) is 0 Å². The van der Waals surface area contributed by atoms with Crippen molar-refractivity contribution in [2.75, 3.05) is 6.26 Å². The smallest absolute Gasteiger partial charge is 0.151 e. The van der Waals surface area contributed by atoms with E-state index >= 15 is 0 Å². The molecule has 1 aliphatic rings. The van der Waals surface area contributed by atoms with Crippen molar-refractivity contribution in [2.24, 2.45) is 0 Å². The molecule has 5 heteroatoms. The average Bonchev–Trinajstić information content (AvgIpc) is 2.87. The zero-order valence-corrected chi connectivity index (χ0v) is 12.6. The van der Waals surface area contributed by atoms with Crippen LogP contribution in [0.25, 0.3) is 0 Å². The number of hydrogen-bond donors (Lipinski definition) is 1. The van der Waals surface area contributed by atoms with E-state index in [9.17, 15) is 8.42 Å². The van der Waals surface area contributed by atoms with E-state index in [0.29, 0.717) is 6.04 Å². The third kappa shape index (κ3) is 3.56. The zero-order valence-electron chi connectivity index (χ0n) is 10.9. The quantitative estimate of drug-likeness (QED) is 0.903. The minimum atomic E-state index is -2.92. The van der Waals surface area contributed by atoms with Gasteiger partial charge in [0.2, 0.25) is 0 Å². The van der Waals surface area contributed by atoms with Crippen LogP contribution < -0.4 is 5.32 Å². The van der Waals surface area contributed by atoms with Crippen molar-refractivity contribution in [3.63, 3.8) is 0 Å². The number of nitrogens with one attached hydrogen (secondary N) is 1. The molecule has 0 radical (unpaired) electrons. The first-order valence-corrected chi connectivity index (χ1v) is 9.32. The summed E-state index contributed by atoms with van der Waals surface area (Å²) in [4.78, 5) is 0. The second-order valence-corrected chi connectivity index (χ2v) is 8.35. The molecule has 1 saturated carbocycles. The van der Waals surface area contributed by atoms with Crippen molar-refractivity contribution in [3.05, 3.63) is 22.4 Å². The molecule has 3 nitrogen and oxygen atoms in total. The van der Waals surface area contributed by atoms with Gasteiger partial charge in [-0.2, -0.15) is 11.3 Å². The molecule has 0 aliphatic heterocycles. The molecule has 1 aromatic heterocycles. The van der Waals surface area contributed by atoms with E-state index in [1.54, 1.807) is 11.3 Å². The van der Waals surface area contributed by atoms with E-state index in [1.165, 1.54) is 11.8 Å². The lowest BCUT2D eigenvalue weighted by Crippen LogP contribution is -2.44. The number of hydrogen-bond acceptors (Lipinski definition) is 4. The summed E-state index contributed by atoms with van der Waals surface area (Å²) in [5, 5.41) is 7.54. The Balaban J connectivity index is 1.92. The van der Waals surface area contributed by atoms with Gasteiger partial charge in [-0.05, 0) is 48.6 Å². The van der Waals surface area contributed by atoms with Crippen LogP contribution in [0.15, 0.2) is 16.8 Å². The lowest BCUT2D eigenvalue weighted by molar-refractivity contribution is 0.444. The summed E-state index contributed by atoms with van der Waals surface area (Å²) in [7, 11) is -2.92. The highest BCUT2D eigenvalue weighted by molar-refractivity contribution is 7.91. The second kappa shape index (κ2) is 5.72. The maximum atomic E-state index is 11.7. The van der Waals surface area contributed by atoms with Gasteiger partial charge in [-0.3, -0.25) is 0 Å². The van der Waals surface area contributed by atoms with Gasteiger partial charge in [-0.1, -0.05) is 6.42 Å². The van der Waals surface area contributed by atoms with Gasteiger partial charge < -0.3 is 5.32 Å². The Hall–Kier alpha value is -0.390. The van der Waals surface area contributed by atoms with Crippen molar-refractivity contribution in [1.82, 2.24) is 5.32 Å². The molecule has 0 spiro atoms. The van der Waals surface area contributed by atoms with Crippen LogP contribution in [0.4, 0.5) is 0 Å². The van der Waals surface area contributed by atoms with Gasteiger partial charge in [0.15, 0.2) is 9.84 Å². The average molecular weight is 287 g/mol. The summed E-state index contributed by atoms with van der Waals surface area (Å²) < 4.78 is 23.4. The Labute approximate surface area is 114 Å². The third-order valence-electron chi connectivity index (χ3n) is 3.62. The minimum absolute atomic E-state index is 0.133. The van der Waals surface area contributed by atoms with Crippen LogP contribution in [0.2, 0.25) is 0 Å². The van der Waals surface area contributed by atoms with Gasteiger partial charge in [0.25, 0.3) is 0 Å². The number of thiophene rings is 1. The summed E-state index contributed by atoms with van der Waals surface area (Å²) in [5.41, 5.74) is 1.33. The molecule has 3 unspecified atom stereocenters. The van der Waals surface area contributed by atoms with Crippen LogP contribution in [0.5, 0.6) is 0 Å². The van der Waals surface area contributed by atoms with Crippen LogP contribution in [0, 0.1) is 0 Å². The maximum Gasteiger partial charge on any atom is 0.151 e. The molecule has 1 heterocycles. The van der Waals surface area contributed by atoms with Crippen molar-refractivity contribution >= 4 is 21.2 Å². The summed E-state index contributed by atoms with van der Waals surface area (Å²) in [6.45, 7) is 2.13. The summed E-state index contributed by atoms with van der Waals surface area (Å²) in [5.74, 6) is 0. The fourth-order valence-electron chi connectivity index (χ4n) is 2.82. The van der Waals surface area contributed by atoms with E-state index in [-0.39, 0.29) is 11.3 Å². The topological polar surface area (TPSA) is 46.2 Å². The van der Waals surface area contributed by atoms with Crippen LogP contribution in [-0.2, 0) is 16.3 Å². The molecule has 1 aliphatic carbocycles. The lowest BCUT2D eigenvalue weighted by atomic mass is 10.1. The number of sulfone groups is 1. The Morgan fingerprint density at radius 3 is 2.89 bits per heavy atom. The summed E-state index contributed by atoms with van der Waals surface area (Å²) in [6, 6.07) is 2.59. The van der Waals surface area contributed by atoms with Crippen molar-refractivity contribution in [3.8, 4) is 0 Å². The number of rotatable bonds is 5.